The van der Waals surface area contributed by atoms with E-state index in [-0.39, 0.29) is 29.6 Å². The molecule has 1 atom stereocenters. The van der Waals surface area contributed by atoms with Crippen LogP contribution < -0.4 is 5.73 Å². The lowest BCUT2D eigenvalue weighted by atomic mass is 9.71. The van der Waals surface area contributed by atoms with Gasteiger partial charge in [-0.3, -0.25) is 14.4 Å². The zero-order chi connectivity index (χ0) is 21.9. The predicted octanol–water partition coefficient (Wildman–Crippen LogP) is 2.71. The third kappa shape index (κ3) is 4.68. The van der Waals surface area contributed by atoms with Crippen molar-refractivity contribution in [2.45, 2.75) is 58.8 Å². The monoisotopic (exact) mass is 413 g/mol. The van der Waals surface area contributed by atoms with Crippen LogP contribution in [0.2, 0.25) is 0 Å². The number of hydrogen-bond donors (Lipinski definition) is 1. The van der Waals surface area contributed by atoms with E-state index in [4.69, 9.17) is 5.73 Å². The maximum Gasteiger partial charge on any atom is 0.225 e. The maximum atomic E-state index is 12.6. The molecule has 0 spiro atoms. The molecule has 30 heavy (non-hydrogen) atoms. The van der Waals surface area contributed by atoms with Crippen LogP contribution >= 0.6 is 0 Å². The molecule has 1 aromatic rings. The van der Waals surface area contributed by atoms with Crippen molar-refractivity contribution in [2.24, 2.45) is 17.1 Å². The number of amides is 3. The van der Waals surface area contributed by atoms with E-state index in [2.05, 4.69) is 12.1 Å². The number of piperidine rings is 2. The Labute approximate surface area is 179 Å². The van der Waals surface area contributed by atoms with E-state index in [1.165, 1.54) is 5.56 Å². The molecule has 3 rings (SSSR count). The number of carbonyl (C=O) groups is 3. The van der Waals surface area contributed by atoms with Crippen molar-refractivity contribution >= 4 is 17.7 Å². The molecule has 1 unspecified atom stereocenters. The number of carbonyl (C=O) groups excluding carboxylic acids is 3. The molecule has 3 amide bonds. The van der Waals surface area contributed by atoms with Crippen molar-refractivity contribution < 1.29 is 14.4 Å². The first-order valence-corrected chi connectivity index (χ1v) is 11.2. The molecule has 6 heteroatoms. The first kappa shape index (κ1) is 22.3. The second-order valence-electron chi connectivity index (χ2n) is 9.30. The molecule has 0 aliphatic carbocycles. The van der Waals surface area contributed by atoms with Crippen LogP contribution in [0, 0.1) is 11.3 Å². The maximum absolute atomic E-state index is 12.6. The predicted molar refractivity (Wildman–Crippen MR) is 117 cm³/mol. The lowest BCUT2D eigenvalue weighted by Gasteiger charge is -2.41. The Kier molecular flexibility index (Phi) is 6.84. The second kappa shape index (κ2) is 9.19. The Morgan fingerprint density at radius 3 is 2.37 bits per heavy atom. The number of nitrogens with two attached hydrogens (primary N) is 1. The molecular weight excluding hydrogens is 378 g/mol. The molecule has 2 fully saturated rings. The quantitative estimate of drug-likeness (QED) is 0.806. The second-order valence-corrected chi connectivity index (χ2v) is 9.30. The summed E-state index contributed by atoms with van der Waals surface area (Å²) in [7, 11) is 0. The van der Waals surface area contributed by atoms with Gasteiger partial charge in [0.05, 0.1) is 5.41 Å². The molecule has 2 aliphatic heterocycles. The minimum Gasteiger partial charge on any atom is -0.369 e. The van der Waals surface area contributed by atoms with Crippen molar-refractivity contribution in [2.75, 3.05) is 26.2 Å². The first-order chi connectivity index (χ1) is 14.2. The molecule has 0 bridgehead atoms. The summed E-state index contributed by atoms with van der Waals surface area (Å²) in [6, 6.07) is 8.27. The normalized spacial score (nSPS) is 21.5. The third-order valence-electron chi connectivity index (χ3n) is 6.94. The van der Waals surface area contributed by atoms with Gasteiger partial charge in [0.15, 0.2) is 0 Å². The molecule has 164 valence electrons. The van der Waals surface area contributed by atoms with Gasteiger partial charge in [-0.25, -0.2) is 0 Å². The van der Waals surface area contributed by atoms with Gasteiger partial charge in [0, 0.05) is 44.9 Å². The van der Waals surface area contributed by atoms with Crippen LogP contribution in [0.25, 0.3) is 0 Å². The van der Waals surface area contributed by atoms with Crippen molar-refractivity contribution in [1.29, 1.82) is 0 Å². The van der Waals surface area contributed by atoms with Crippen molar-refractivity contribution in [3.05, 3.63) is 35.4 Å². The molecule has 0 radical (unpaired) electrons. The van der Waals surface area contributed by atoms with Crippen LogP contribution in [-0.2, 0) is 20.8 Å². The highest BCUT2D eigenvalue weighted by Gasteiger charge is 2.42. The lowest BCUT2D eigenvalue weighted by Crippen LogP contribution is -2.50. The van der Waals surface area contributed by atoms with E-state index in [0.717, 1.165) is 31.5 Å². The Hall–Kier alpha value is -2.37. The largest absolute Gasteiger partial charge is 0.369 e. The van der Waals surface area contributed by atoms with Crippen molar-refractivity contribution in [3.8, 4) is 0 Å². The summed E-state index contributed by atoms with van der Waals surface area (Å²) in [6.45, 7) is 8.13. The zero-order valence-corrected chi connectivity index (χ0v) is 18.5. The fourth-order valence-electron chi connectivity index (χ4n) is 5.01. The summed E-state index contributed by atoms with van der Waals surface area (Å²) in [5, 5.41) is 0. The standard InChI is InChI=1S/C24H35N3O3/c1-17(2)22(29)26-13-10-24(11-14-26,23(25)30)15-19-7-4-5-9-21(19)20-8-6-12-27(16-20)18(3)28/h4-5,7,9,17,20H,6,8,10-16H2,1-3H3,(H2,25,30). The van der Waals surface area contributed by atoms with E-state index in [9.17, 15) is 14.4 Å². The van der Waals surface area contributed by atoms with Crippen LogP contribution in [-0.4, -0.2) is 53.7 Å². The summed E-state index contributed by atoms with van der Waals surface area (Å²) in [5.41, 5.74) is 7.68. The fraction of sp³-hybridized carbons (Fsp3) is 0.625. The van der Waals surface area contributed by atoms with Gasteiger partial charge in [-0.15, -0.1) is 0 Å². The fourth-order valence-corrected chi connectivity index (χ4v) is 5.01. The molecule has 2 saturated heterocycles. The molecule has 1 aromatic carbocycles. The van der Waals surface area contributed by atoms with E-state index in [1.54, 1.807) is 6.92 Å². The average Bonchev–Trinajstić information content (AvgIpc) is 2.74. The van der Waals surface area contributed by atoms with E-state index in [0.29, 0.717) is 32.4 Å². The molecule has 0 saturated carbocycles. The molecule has 2 N–H and O–H groups in total. The van der Waals surface area contributed by atoms with Gasteiger partial charge in [0.2, 0.25) is 17.7 Å². The summed E-state index contributed by atoms with van der Waals surface area (Å²) < 4.78 is 0. The van der Waals surface area contributed by atoms with Gasteiger partial charge >= 0.3 is 0 Å². The van der Waals surface area contributed by atoms with Crippen LogP contribution in [0.3, 0.4) is 0 Å². The van der Waals surface area contributed by atoms with E-state index >= 15 is 0 Å². The number of likely N-dealkylation sites (tertiary alicyclic amines) is 2. The highest BCUT2D eigenvalue weighted by Crippen LogP contribution is 2.38. The van der Waals surface area contributed by atoms with Crippen molar-refractivity contribution in [3.63, 3.8) is 0 Å². The average molecular weight is 414 g/mol. The Morgan fingerprint density at radius 1 is 1.10 bits per heavy atom. The number of nitrogens with zero attached hydrogens (tertiary/aromatic N) is 2. The van der Waals surface area contributed by atoms with Crippen LogP contribution in [0.15, 0.2) is 24.3 Å². The summed E-state index contributed by atoms with van der Waals surface area (Å²) in [6.07, 6.45) is 3.82. The molecule has 0 aromatic heterocycles. The molecule has 2 aliphatic rings. The number of primary amides is 1. The highest BCUT2D eigenvalue weighted by atomic mass is 16.2. The Morgan fingerprint density at radius 2 is 1.77 bits per heavy atom. The highest BCUT2D eigenvalue weighted by molar-refractivity contribution is 5.83. The minimum absolute atomic E-state index is 0.0395. The number of rotatable bonds is 5. The summed E-state index contributed by atoms with van der Waals surface area (Å²) in [4.78, 5) is 40.6. The SMILES string of the molecule is CC(=O)N1CCCC(c2ccccc2CC2(C(N)=O)CCN(C(=O)C(C)C)CC2)C1. The molecular formula is C24H35N3O3. The van der Waals surface area contributed by atoms with Gasteiger partial charge in [-0.1, -0.05) is 38.1 Å². The van der Waals surface area contributed by atoms with E-state index in [1.807, 2.05) is 35.8 Å². The molecule has 6 nitrogen and oxygen atoms in total. The zero-order valence-electron chi connectivity index (χ0n) is 18.5. The topological polar surface area (TPSA) is 83.7 Å². The van der Waals surface area contributed by atoms with Gasteiger partial charge in [0.1, 0.15) is 0 Å². The van der Waals surface area contributed by atoms with Gasteiger partial charge in [-0.05, 0) is 43.2 Å². The minimum atomic E-state index is -0.626. The van der Waals surface area contributed by atoms with Crippen LogP contribution in [0.5, 0.6) is 0 Å². The third-order valence-corrected chi connectivity index (χ3v) is 6.94. The van der Waals surface area contributed by atoms with Gasteiger partial charge < -0.3 is 15.5 Å². The first-order valence-electron chi connectivity index (χ1n) is 11.2. The smallest absolute Gasteiger partial charge is 0.225 e. The number of hydrogen-bond acceptors (Lipinski definition) is 3. The molecule has 2 heterocycles. The van der Waals surface area contributed by atoms with Crippen molar-refractivity contribution in [1.82, 2.24) is 9.80 Å². The van der Waals surface area contributed by atoms with Gasteiger partial charge in [-0.2, -0.15) is 0 Å². The van der Waals surface area contributed by atoms with Gasteiger partial charge in [0.25, 0.3) is 0 Å². The Bertz CT molecular complexity index is 797. The Balaban J connectivity index is 1.80. The summed E-state index contributed by atoms with van der Waals surface area (Å²) in [5.74, 6) is 0.227. The van der Waals surface area contributed by atoms with E-state index < -0.39 is 5.41 Å². The summed E-state index contributed by atoms with van der Waals surface area (Å²) >= 11 is 0. The lowest BCUT2D eigenvalue weighted by molar-refractivity contribution is -0.141. The number of benzene rings is 1. The van der Waals surface area contributed by atoms with Crippen LogP contribution in [0.4, 0.5) is 0 Å². The van der Waals surface area contributed by atoms with Crippen LogP contribution in [0.1, 0.15) is 63.5 Å².